The molecule has 110 valence electrons. The van der Waals surface area contributed by atoms with Gasteiger partial charge in [0.15, 0.2) is 11.4 Å². The van der Waals surface area contributed by atoms with Crippen LogP contribution in [0.25, 0.3) is 0 Å². The Balaban J connectivity index is 1.90. The Kier molecular flexibility index (Phi) is 3.96. The van der Waals surface area contributed by atoms with Crippen LogP contribution in [-0.4, -0.2) is 29.1 Å². The lowest BCUT2D eigenvalue weighted by atomic mass is 9.95. The summed E-state index contributed by atoms with van der Waals surface area (Å²) in [5.74, 6) is 2.62. The van der Waals surface area contributed by atoms with Gasteiger partial charge in [0.05, 0.1) is 0 Å². The number of hydrogen-bond donors (Lipinski definition) is 1. The number of nitrogens with one attached hydrogen (secondary N) is 1. The summed E-state index contributed by atoms with van der Waals surface area (Å²) in [7, 11) is 0. The molecule has 1 aromatic rings. The molecule has 0 aromatic heterocycles. The van der Waals surface area contributed by atoms with Crippen LogP contribution in [-0.2, 0) is 10.3 Å². The summed E-state index contributed by atoms with van der Waals surface area (Å²) in [6.07, 6.45) is 1.43. The van der Waals surface area contributed by atoms with Crippen LogP contribution in [0.2, 0.25) is 0 Å². The highest BCUT2D eigenvalue weighted by atomic mass is 32.2. The van der Waals surface area contributed by atoms with E-state index in [0.29, 0.717) is 5.84 Å². The summed E-state index contributed by atoms with van der Waals surface area (Å²) in [5.41, 5.74) is 1.06. The van der Waals surface area contributed by atoms with E-state index in [1.807, 2.05) is 49.0 Å². The number of alkyl carbamates (subject to hydrolysis) is 1. The van der Waals surface area contributed by atoms with E-state index >= 15 is 0 Å². The lowest BCUT2D eigenvalue weighted by molar-refractivity contribution is 0.0960. The second kappa shape index (κ2) is 5.89. The number of hydrogen-bond acceptors (Lipinski definition) is 5. The summed E-state index contributed by atoms with van der Waals surface area (Å²) < 4.78 is 5.43. The lowest BCUT2D eigenvalue weighted by Crippen LogP contribution is -2.33. The maximum absolute atomic E-state index is 11.6. The first-order chi connectivity index (χ1) is 10.2. The summed E-state index contributed by atoms with van der Waals surface area (Å²) >= 11 is 1.93. The van der Waals surface area contributed by atoms with E-state index in [1.165, 1.54) is 0 Å². The van der Waals surface area contributed by atoms with E-state index in [4.69, 9.17) is 4.74 Å². The van der Waals surface area contributed by atoms with Gasteiger partial charge in [0, 0.05) is 11.3 Å². The highest BCUT2D eigenvalue weighted by molar-refractivity contribution is 7.99. The predicted molar refractivity (Wildman–Crippen MR) is 84.8 cm³/mol. The summed E-state index contributed by atoms with van der Waals surface area (Å²) in [6, 6.07) is 9.58. The Morgan fingerprint density at radius 2 is 1.90 bits per heavy atom. The number of nitrogens with zero attached hydrogens (tertiary/aromatic N) is 2. The number of carbonyl (C=O) groups excluding carboxylic acids is 1. The molecule has 1 amide bonds. The number of ether oxygens (including phenoxy) is 1. The first-order valence-corrected chi connectivity index (χ1v) is 8.11. The van der Waals surface area contributed by atoms with Gasteiger partial charge in [-0.05, 0) is 31.3 Å². The van der Waals surface area contributed by atoms with Gasteiger partial charge in [-0.1, -0.05) is 30.3 Å². The quantitative estimate of drug-likeness (QED) is 0.854. The minimum Gasteiger partial charge on any atom is -0.430 e. The molecule has 5 nitrogen and oxygen atoms in total. The molecule has 2 saturated heterocycles. The number of amides is 1. The highest BCUT2D eigenvalue weighted by Crippen LogP contribution is 2.30. The minimum atomic E-state index is -0.897. The molecule has 0 aliphatic carbocycles. The SMILES string of the molecule is CC1(c2ccccc2)OC(=O)N/C1=N\N=C1CCSCC1. The zero-order valence-corrected chi connectivity index (χ0v) is 12.7. The van der Waals surface area contributed by atoms with Gasteiger partial charge in [-0.25, -0.2) is 4.79 Å². The van der Waals surface area contributed by atoms with E-state index in [9.17, 15) is 4.79 Å². The Morgan fingerprint density at radius 3 is 2.62 bits per heavy atom. The molecule has 1 N–H and O–H groups in total. The average molecular weight is 303 g/mol. The molecule has 2 heterocycles. The monoisotopic (exact) mass is 303 g/mol. The van der Waals surface area contributed by atoms with Gasteiger partial charge in [-0.15, -0.1) is 5.10 Å². The van der Waals surface area contributed by atoms with E-state index in [1.54, 1.807) is 0 Å². The molecule has 21 heavy (non-hydrogen) atoms. The van der Waals surface area contributed by atoms with Crippen LogP contribution in [0, 0.1) is 0 Å². The smallest absolute Gasteiger partial charge is 0.414 e. The maximum atomic E-state index is 11.6. The molecular formula is C15H17N3O2S. The van der Waals surface area contributed by atoms with Crippen molar-refractivity contribution in [3.05, 3.63) is 35.9 Å². The topological polar surface area (TPSA) is 63.0 Å². The molecule has 0 saturated carbocycles. The van der Waals surface area contributed by atoms with Gasteiger partial charge in [-0.2, -0.15) is 16.9 Å². The standard InChI is InChI=1S/C15H17N3O2S/c1-15(11-5-3-2-4-6-11)13(16-14(19)20-15)18-17-12-7-9-21-10-8-12/h2-6H,7-10H2,1H3,(H,16,18,19). The third-order valence-electron chi connectivity index (χ3n) is 3.66. The molecule has 3 rings (SSSR count). The second-order valence-corrected chi connectivity index (χ2v) is 6.37. The zero-order valence-electron chi connectivity index (χ0n) is 11.8. The normalized spacial score (nSPS) is 27.4. The third-order valence-corrected chi connectivity index (χ3v) is 4.64. The van der Waals surface area contributed by atoms with Crippen molar-refractivity contribution in [2.45, 2.75) is 25.4 Å². The molecule has 0 bridgehead atoms. The Labute approximate surface area is 127 Å². The van der Waals surface area contributed by atoms with Gasteiger partial charge in [0.1, 0.15) is 0 Å². The minimum absolute atomic E-state index is 0.449. The maximum Gasteiger partial charge on any atom is 0.414 e. The lowest BCUT2D eigenvalue weighted by Gasteiger charge is -2.21. The molecule has 0 spiro atoms. The predicted octanol–water partition coefficient (Wildman–Crippen LogP) is 2.92. The molecule has 2 aliphatic heterocycles. The largest absolute Gasteiger partial charge is 0.430 e. The third kappa shape index (κ3) is 2.95. The molecule has 6 heteroatoms. The van der Waals surface area contributed by atoms with Crippen molar-refractivity contribution in [2.24, 2.45) is 10.2 Å². The van der Waals surface area contributed by atoms with Crippen LogP contribution in [0.1, 0.15) is 25.3 Å². The number of benzene rings is 1. The van der Waals surface area contributed by atoms with Crippen LogP contribution >= 0.6 is 11.8 Å². The first kappa shape index (κ1) is 14.1. The molecule has 2 aliphatic rings. The molecule has 1 atom stereocenters. The van der Waals surface area contributed by atoms with Crippen molar-refractivity contribution in [3.63, 3.8) is 0 Å². The zero-order chi connectivity index (χ0) is 14.7. The fourth-order valence-electron chi connectivity index (χ4n) is 2.38. The number of amidine groups is 1. The van der Waals surface area contributed by atoms with Gasteiger partial charge in [0.25, 0.3) is 0 Å². The van der Waals surface area contributed by atoms with E-state index < -0.39 is 11.7 Å². The van der Waals surface area contributed by atoms with Crippen LogP contribution in [0.4, 0.5) is 4.79 Å². The van der Waals surface area contributed by atoms with Gasteiger partial charge in [0.2, 0.25) is 0 Å². The molecule has 1 aromatic carbocycles. The molecule has 0 radical (unpaired) electrons. The fourth-order valence-corrected chi connectivity index (χ4v) is 3.34. The number of rotatable bonds is 2. The average Bonchev–Trinajstić information content (AvgIpc) is 2.82. The molecule has 1 unspecified atom stereocenters. The summed E-state index contributed by atoms with van der Waals surface area (Å²) in [5, 5.41) is 11.2. The van der Waals surface area contributed by atoms with Crippen LogP contribution in [0.5, 0.6) is 0 Å². The Morgan fingerprint density at radius 1 is 1.19 bits per heavy atom. The van der Waals surface area contributed by atoms with Crippen LogP contribution < -0.4 is 5.32 Å². The summed E-state index contributed by atoms with van der Waals surface area (Å²) in [6.45, 7) is 1.83. The van der Waals surface area contributed by atoms with Crippen molar-refractivity contribution < 1.29 is 9.53 Å². The number of thioether (sulfide) groups is 1. The second-order valence-electron chi connectivity index (χ2n) is 5.14. The fraction of sp³-hybridized carbons (Fsp3) is 0.400. The number of carbonyl (C=O) groups is 1. The van der Waals surface area contributed by atoms with Crippen molar-refractivity contribution in [2.75, 3.05) is 11.5 Å². The van der Waals surface area contributed by atoms with Crippen LogP contribution in [0.3, 0.4) is 0 Å². The van der Waals surface area contributed by atoms with Crippen molar-refractivity contribution >= 4 is 29.4 Å². The summed E-state index contributed by atoms with van der Waals surface area (Å²) in [4.78, 5) is 11.6. The van der Waals surface area contributed by atoms with Gasteiger partial charge < -0.3 is 4.74 Å². The van der Waals surface area contributed by atoms with Crippen molar-refractivity contribution in [3.8, 4) is 0 Å². The van der Waals surface area contributed by atoms with E-state index in [0.717, 1.165) is 35.6 Å². The first-order valence-electron chi connectivity index (χ1n) is 6.95. The Bertz CT molecular complexity index is 592. The number of cyclic esters (lactones) is 1. The van der Waals surface area contributed by atoms with Gasteiger partial charge in [-0.3, -0.25) is 5.32 Å². The van der Waals surface area contributed by atoms with Crippen molar-refractivity contribution in [1.29, 1.82) is 0 Å². The molecular weight excluding hydrogens is 286 g/mol. The highest BCUT2D eigenvalue weighted by Gasteiger charge is 2.44. The molecule has 2 fully saturated rings. The Hall–Kier alpha value is -1.82. The van der Waals surface area contributed by atoms with Crippen LogP contribution in [0.15, 0.2) is 40.5 Å². The van der Waals surface area contributed by atoms with E-state index in [-0.39, 0.29) is 0 Å². The van der Waals surface area contributed by atoms with Gasteiger partial charge >= 0.3 is 6.09 Å². The van der Waals surface area contributed by atoms with Crippen molar-refractivity contribution in [1.82, 2.24) is 5.32 Å². The van der Waals surface area contributed by atoms with E-state index in [2.05, 4.69) is 15.5 Å².